The molecule has 9 nitrogen and oxygen atoms in total. The second-order valence-corrected chi connectivity index (χ2v) is 5.39. The van der Waals surface area contributed by atoms with E-state index in [0.29, 0.717) is 11.4 Å². The number of nitrogens with zero attached hydrogens (tertiary/aromatic N) is 5. The average Bonchev–Trinajstić information content (AvgIpc) is 3.11. The van der Waals surface area contributed by atoms with Crippen LogP contribution in [0.25, 0.3) is 16.9 Å². The van der Waals surface area contributed by atoms with Crippen molar-refractivity contribution in [3.63, 3.8) is 0 Å². The largest absolute Gasteiger partial charge is 0.393 e. The lowest BCUT2D eigenvalue weighted by Crippen LogP contribution is -2.30. The van der Waals surface area contributed by atoms with E-state index in [1.165, 1.54) is 11.0 Å². The smallest absolute Gasteiger partial charge is 0.269 e. The van der Waals surface area contributed by atoms with Gasteiger partial charge in [-0.2, -0.15) is 4.68 Å². The molecule has 0 aliphatic carbocycles. The first kappa shape index (κ1) is 15.5. The van der Waals surface area contributed by atoms with Crippen molar-refractivity contribution in [2.75, 3.05) is 11.2 Å². The summed E-state index contributed by atoms with van der Waals surface area (Å²) in [6.45, 7) is 0. The highest BCUT2D eigenvalue weighted by molar-refractivity contribution is 5.95. The summed E-state index contributed by atoms with van der Waals surface area (Å²) in [7, 11) is 0. The number of nitrogens with two attached hydrogens (primary N) is 1. The van der Waals surface area contributed by atoms with Gasteiger partial charge < -0.3 is 5.73 Å². The first-order valence-electron chi connectivity index (χ1n) is 7.77. The van der Waals surface area contributed by atoms with Crippen molar-refractivity contribution in [1.82, 2.24) is 30.4 Å². The van der Waals surface area contributed by atoms with E-state index in [4.69, 9.17) is 5.73 Å². The number of para-hydroxylation sites is 1. The summed E-state index contributed by atoms with van der Waals surface area (Å²) in [6.07, 6.45) is 1.33. The van der Waals surface area contributed by atoms with Gasteiger partial charge in [0.1, 0.15) is 17.5 Å². The van der Waals surface area contributed by atoms with Crippen LogP contribution in [0.15, 0.2) is 60.9 Å². The molecule has 128 valence electrons. The molecule has 4 rings (SSSR count). The number of rotatable bonds is 4. The molecular weight excluding hydrogens is 332 g/mol. The second kappa shape index (κ2) is 6.48. The van der Waals surface area contributed by atoms with Crippen molar-refractivity contribution >= 4 is 28.4 Å². The standard InChI is InChI=1S/C17H14N8O/c18-14-15(22-23-17(26)11-6-2-1-3-7-11)19-10-20-16(14)25-13-9-5-4-8-12(13)21-24-25/h1-10H,18H2,(H,23,26)(H,19,20,22). The molecule has 0 fully saturated rings. The highest BCUT2D eigenvalue weighted by Crippen LogP contribution is 2.23. The zero-order valence-electron chi connectivity index (χ0n) is 13.5. The molecule has 1 amide bonds. The number of hydrazine groups is 1. The van der Waals surface area contributed by atoms with Gasteiger partial charge in [0.2, 0.25) is 0 Å². The Morgan fingerprint density at radius 1 is 1.00 bits per heavy atom. The summed E-state index contributed by atoms with van der Waals surface area (Å²) < 4.78 is 1.52. The monoisotopic (exact) mass is 346 g/mol. The number of aromatic nitrogens is 5. The van der Waals surface area contributed by atoms with Gasteiger partial charge in [0.15, 0.2) is 11.6 Å². The number of carbonyl (C=O) groups excluding carboxylic acids is 1. The molecule has 0 aliphatic rings. The maximum atomic E-state index is 12.1. The third kappa shape index (κ3) is 2.77. The van der Waals surface area contributed by atoms with Crippen LogP contribution in [-0.2, 0) is 0 Å². The van der Waals surface area contributed by atoms with Crippen LogP contribution in [-0.4, -0.2) is 30.9 Å². The van der Waals surface area contributed by atoms with Crippen molar-refractivity contribution in [3.8, 4) is 5.82 Å². The summed E-state index contributed by atoms with van der Waals surface area (Å²) >= 11 is 0. The average molecular weight is 346 g/mol. The van der Waals surface area contributed by atoms with Gasteiger partial charge in [0.25, 0.3) is 5.91 Å². The molecule has 4 N–H and O–H groups in total. The topological polar surface area (TPSA) is 124 Å². The minimum atomic E-state index is -0.309. The van der Waals surface area contributed by atoms with Crippen LogP contribution >= 0.6 is 0 Å². The van der Waals surface area contributed by atoms with Gasteiger partial charge in [-0.3, -0.25) is 15.6 Å². The quantitative estimate of drug-likeness (QED) is 0.479. The minimum Gasteiger partial charge on any atom is -0.393 e. The normalized spacial score (nSPS) is 10.6. The first-order valence-corrected chi connectivity index (χ1v) is 7.77. The van der Waals surface area contributed by atoms with E-state index in [1.54, 1.807) is 24.3 Å². The van der Waals surface area contributed by atoms with E-state index in [2.05, 4.69) is 31.1 Å². The Morgan fingerprint density at radius 3 is 2.62 bits per heavy atom. The van der Waals surface area contributed by atoms with Crippen LogP contribution in [0.1, 0.15) is 10.4 Å². The number of nitrogens with one attached hydrogen (secondary N) is 2. The van der Waals surface area contributed by atoms with Crippen molar-refractivity contribution < 1.29 is 4.79 Å². The molecule has 26 heavy (non-hydrogen) atoms. The molecule has 0 spiro atoms. The van der Waals surface area contributed by atoms with Gasteiger partial charge >= 0.3 is 0 Å². The van der Waals surface area contributed by atoms with E-state index in [9.17, 15) is 4.79 Å². The van der Waals surface area contributed by atoms with Gasteiger partial charge in [-0.05, 0) is 24.3 Å². The molecule has 9 heteroatoms. The molecule has 2 aromatic heterocycles. The van der Waals surface area contributed by atoms with Crippen LogP contribution in [0.4, 0.5) is 11.5 Å². The van der Waals surface area contributed by atoms with Gasteiger partial charge in [0, 0.05) is 5.56 Å². The zero-order chi connectivity index (χ0) is 17.9. The van der Waals surface area contributed by atoms with Gasteiger partial charge in [-0.25, -0.2) is 9.97 Å². The minimum absolute atomic E-state index is 0.233. The predicted octanol–water partition coefficient (Wildman–Crippen LogP) is 1.55. The Labute approximate surface area is 147 Å². The van der Waals surface area contributed by atoms with E-state index in [-0.39, 0.29) is 17.4 Å². The van der Waals surface area contributed by atoms with Crippen molar-refractivity contribution in [2.24, 2.45) is 0 Å². The van der Waals surface area contributed by atoms with E-state index < -0.39 is 0 Å². The first-order chi connectivity index (χ1) is 12.7. The summed E-state index contributed by atoms with van der Waals surface area (Å²) in [5, 5.41) is 8.18. The maximum Gasteiger partial charge on any atom is 0.269 e. The molecule has 0 radical (unpaired) electrons. The lowest BCUT2D eigenvalue weighted by Gasteiger charge is -2.12. The number of amides is 1. The fourth-order valence-electron chi connectivity index (χ4n) is 2.46. The van der Waals surface area contributed by atoms with Crippen LogP contribution in [0, 0.1) is 0 Å². The number of anilines is 2. The molecule has 4 aromatic rings. The van der Waals surface area contributed by atoms with Crippen molar-refractivity contribution in [3.05, 3.63) is 66.5 Å². The Kier molecular flexibility index (Phi) is 3.86. The van der Waals surface area contributed by atoms with Gasteiger partial charge in [0.05, 0.1) is 5.52 Å². The molecular formula is C17H14N8O. The van der Waals surface area contributed by atoms with Gasteiger partial charge in [-0.1, -0.05) is 35.5 Å². The molecule has 0 atom stereocenters. The second-order valence-electron chi connectivity index (χ2n) is 5.39. The fourth-order valence-corrected chi connectivity index (χ4v) is 2.46. The molecule has 0 unspecified atom stereocenters. The number of fused-ring (bicyclic) bond motifs is 1. The number of carbonyl (C=O) groups is 1. The van der Waals surface area contributed by atoms with E-state index in [1.807, 2.05) is 30.3 Å². The Bertz CT molecular complexity index is 1080. The summed E-state index contributed by atoms with van der Waals surface area (Å²) in [5.74, 6) is 0.320. The Balaban J connectivity index is 1.61. The number of hydrogen-bond donors (Lipinski definition) is 3. The highest BCUT2D eigenvalue weighted by Gasteiger charge is 2.14. The molecule has 2 heterocycles. The number of nitrogen functional groups attached to an aromatic ring is 1. The fraction of sp³-hybridized carbons (Fsp3) is 0. The lowest BCUT2D eigenvalue weighted by molar-refractivity contribution is 0.0962. The highest BCUT2D eigenvalue weighted by atomic mass is 16.2. The summed E-state index contributed by atoms with van der Waals surface area (Å²) in [6, 6.07) is 16.2. The molecule has 2 aromatic carbocycles. The van der Waals surface area contributed by atoms with E-state index in [0.717, 1.165) is 11.0 Å². The molecule has 0 saturated carbocycles. The van der Waals surface area contributed by atoms with Crippen LogP contribution in [0.3, 0.4) is 0 Å². The van der Waals surface area contributed by atoms with Crippen molar-refractivity contribution in [2.45, 2.75) is 0 Å². The van der Waals surface area contributed by atoms with Crippen LogP contribution < -0.4 is 16.6 Å². The number of benzene rings is 2. The van der Waals surface area contributed by atoms with Crippen LogP contribution in [0.5, 0.6) is 0 Å². The van der Waals surface area contributed by atoms with Crippen LogP contribution in [0.2, 0.25) is 0 Å². The van der Waals surface area contributed by atoms with Gasteiger partial charge in [-0.15, -0.1) is 5.10 Å². The van der Waals surface area contributed by atoms with Crippen molar-refractivity contribution in [1.29, 1.82) is 0 Å². The SMILES string of the molecule is Nc1c(NNC(=O)c2ccccc2)ncnc1-n1nnc2ccccc21. The maximum absolute atomic E-state index is 12.1. The van der Waals surface area contributed by atoms with E-state index >= 15 is 0 Å². The third-order valence-corrected chi connectivity index (χ3v) is 3.75. The summed E-state index contributed by atoms with van der Waals surface area (Å²) in [5.41, 5.74) is 13.7. The third-order valence-electron chi connectivity index (χ3n) is 3.75. The summed E-state index contributed by atoms with van der Waals surface area (Å²) in [4.78, 5) is 20.4. The zero-order valence-corrected chi connectivity index (χ0v) is 13.5. The number of hydrogen-bond acceptors (Lipinski definition) is 7. The lowest BCUT2D eigenvalue weighted by atomic mass is 10.2. The molecule has 0 aliphatic heterocycles. The Morgan fingerprint density at radius 2 is 1.77 bits per heavy atom. The predicted molar refractivity (Wildman–Crippen MR) is 96.4 cm³/mol. The molecule has 0 bridgehead atoms. The Hall–Kier alpha value is -4.01. The molecule has 0 saturated heterocycles.